The third-order valence-corrected chi connectivity index (χ3v) is 4.17. The van der Waals surface area contributed by atoms with E-state index in [2.05, 4.69) is 0 Å². The van der Waals surface area contributed by atoms with Crippen molar-refractivity contribution in [3.05, 3.63) is 64.4 Å². The van der Waals surface area contributed by atoms with Crippen LogP contribution in [0.4, 0.5) is 4.39 Å². The van der Waals surface area contributed by atoms with Crippen molar-refractivity contribution in [3.63, 3.8) is 0 Å². The van der Waals surface area contributed by atoms with E-state index >= 15 is 0 Å². The summed E-state index contributed by atoms with van der Waals surface area (Å²) in [7, 11) is 0. The lowest BCUT2D eigenvalue weighted by atomic mass is 9.99. The molecular formula is C15H15ClFNS. The number of halogens is 2. The van der Waals surface area contributed by atoms with Gasteiger partial charge in [-0.25, -0.2) is 4.39 Å². The first kappa shape index (κ1) is 14.4. The molecule has 100 valence electrons. The molecule has 0 aliphatic heterocycles. The van der Waals surface area contributed by atoms with Crippen LogP contribution in [0.3, 0.4) is 0 Å². The van der Waals surface area contributed by atoms with Gasteiger partial charge >= 0.3 is 0 Å². The third kappa shape index (κ3) is 3.50. The number of thioether (sulfide) groups is 1. The van der Waals surface area contributed by atoms with Crippen molar-refractivity contribution >= 4 is 23.4 Å². The fraction of sp³-hybridized carbons (Fsp3) is 0.200. The molecule has 2 N–H and O–H groups in total. The average molecular weight is 296 g/mol. The van der Waals surface area contributed by atoms with Crippen LogP contribution in [0, 0.1) is 5.82 Å². The van der Waals surface area contributed by atoms with Crippen LogP contribution in [-0.2, 0) is 6.42 Å². The van der Waals surface area contributed by atoms with Crippen molar-refractivity contribution in [1.82, 2.24) is 0 Å². The summed E-state index contributed by atoms with van der Waals surface area (Å²) in [6, 6.07) is 12.2. The Hall–Kier alpha value is -1.03. The minimum atomic E-state index is -0.287. The molecule has 1 nitrogen and oxygen atoms in total. The predicted molar refractivity (Wildman–Crippen MR) is 80.3 cm³/mol. The maximum absolute atomic E-state index is 13.2. The minimum absolute atomic E-state index is 0.192. The van der Waals surface area contributed by atoms with Crippen LogP contribution in [0.5, 0.6) is 0 Å². The molecule has 19 heavy (non-hydrogen) atoms. The van der Waals surface area contributed by atoms with Gasteiger partial charge in [0.25, 0.3) is 0 Å². The van der Waals surface area contributed by atoms with Crippen LogP contribution in [0.15, 0.2) is 47.4 Å². The van der Waals surface area contributed by atoms with E-state index in [9.17, 15) is 4.39 Å². The van der Waals surface area contributed by atoms with Gasteiger partial charge in [0.05, 0.1) is 0 Å². The lowest BCUT2D eigenvalue weighted by Crippen LogP contribution is -2.14. The molecule has 0 radical (unpaired) electrons. The first-order chi connectivity index (χ1) is 9.11. The molecule has 4 heteroatoms. The van der Waals surface area contributed by atoms with Crippen molar-refractivity contribution in [2.45, 2.75) is 17.4 Å². The van der Waals surface area contributed by atoms with Crippen molar-refractivity contribution in [1.29, 1.82) is 0 Å². The van der Waals surface area contributed by atoms with Crippen LogP contribution in [0.25, 0.3) is 0 Å². The molecule has 1 atom stereocenters. The quantitative estimate of drug-likeness (QED) is 0.844. The Labute approximate surface area is 122 Å². The van der Waals surface area contributed by atoms with Crippen LogP contribution in [0.1, 0.15) is 17.2 Å². The van der Waals surface area contributed by atoms with E-state index in [0.29, 0.717) is 11.4 Å². The third-order valence-electron chi connectivity index (χ3n) is 2.99. The van der Waals surface area contributed by atoms with Gasteiger partial charge in [-0.2, -0.15) is 0 Å². The molecule has 0 heterocycles. The monoisotopic (exact) mass is 295 g/mol. The summed E-state index contributed by atoms with van der Waals surface area (Å²) >= 11 is 7.73. The van der Waals surface area contributed by atoms with E-state index in [4.69, 9.17) is 17.3 Å². The predicted octanol–water partition coefficient (Wildman–Crippen LogP) is 4.44. The van der Waals surface area contributed by atoms with Gasteiger partial charge in [-0.1, -0.05) is 29.8 Å². The minimum Gasteiger partial charge on any atom is -0.324 e. The van der Waals surface area contributed by atoms with Gasteiger partial charge in [-0.3, -0.25) is 0 Å². The molecule has 0 saturated carbocycles. The normalized spacial score (nSPS) is 12.4. The Morgan fingerprint density at radius 2 is 2.00 bits per heavy atom. The Balaban J connectivity index is 2.25. The Kier molecular flexibility index (Phi) is 4.86. The zero-order valence-electron chi connectivity index (χ0n) is 10.6. The van der Waals surface area contributed by atoms with E-state index in [1.807, 2.05) is 30.5 Å². The molecule has 0 aliphatic carbocycles. The molecule has 2 aromatic carbocycles. The lowest BCUT2D eigenvalue weighted by Gasteiger charge is -2.16. The van der Waals surface area contributed by atoms with Gasteiger partial charge in [-0.05, 0) is 48.1 Å². The summed E-state index contributed by atoms with van der Waals surface area (Å²) in [6.07, 6.45) is 2.54. The second-order valence-corrected chi connectivity index (χ2v) is 5.54. The highest BCUT2D eigenvalue weighted by Gasteiger charge is 2.13. The van der Waals surface area contributed by atoms with E-state index in [0.717, 1.165) is 16.0 Å². The number of benzene rings is 2. The molecule has 2 rings (SSSR count). The fourth-order valence-electron chi connectivity index (χ4n) is 2.02. The van der Waals surface area contributed by atoms with Gasteiger partial charge in [0.15, 0.2) is 0 Å². The van der Waals surface area contributed by atoms with Gasteiger partial charge in [-0.15, -0.1) is 11.8 Å². The molecular weight excluding hydrogens is 281 g/mol. The molecule has 1 unspecified atom stereocenters. The van der Waals surface area contributed by atoms with Gasteiger partial charge in [0.1, 0.15) is 5.82 Å². The maximum Gasteiger partial charge on any atom is 0.123 e. The standard InChI is InChI=1S/C15H15ClFNS/c1-19-15-5-3-2-4-12(15)14(18)9-10-8-11(17)6-7-13(10)16/h2-8,14H,9,18H2,1H3. The fourth-order valence-corrected chi connectivity index (χ4v) is 2.88. The average Bonchev–Trinajstić information content (AvgIpc) is 2.42. The smallest absolute Gasteiger partial charge is 0.123 e. The second kappa shape index (κ2) is 6.42. The lowest BCUT2D eigenvalue weighted by molar-refractivity contribution is 0.621. The second-order valence-electron chi connectivity index (χ2n) is 4.29. The molecule has 0 fully saturated rings. The summed E-state index contributed by atoms with van der Waals surface area (Å²) in [5.41, 5.74) is 8.03. The molecule has 0 aromatic heterocycles. The van der Waals surface area contributed by atoms with Crippen LogP contribution in [-0.4, -0.2) is 6.26 Å². The zero-order chi connectivity index (χ0) is 13.8. The molecule has 0 amide bonds. The van der Waals surface area contributed by atoms with Crippen LogP contribution < -0.4 is 5.73 Å². The summed E-state index contributed by atoms with van der Waals surface area (Å²) in [4.78, 5) is 1.14. The van der Waals surface area contributed by atoms with E-state index in [-0.39, 0.29) is 11.9 Å². The summed E-state index contributed by atoms with van der Waals surface area (Å²) in [5.74, 6) is -0.287. The Morgan fingerprint density at radius 3 is 2.74 bits per heavy atom. The number of hydrogen-bond donors (Lipinski definition) is 1. The van der Waals surface area contributed by atoms with Crippen LogP contribution in [0.2, 0.25) is 5.02 Å². The highest BCUT2D eigenvalue weighted by molar-refractivity contribution is 7.98. The van der Waals surface area contributed by atoms with Crippen molar-refractivity contribution in [3.8, 4) is 0 Å². The summed E-state index contributed by atoms with van der Waals surface area (Å²) in [5, 5.41) is 0.554. The molecule has 2 aromatic rings. The first-order valence-electron chi connectivity index (χ1n) is 5.94. The molecule has 0 spiro atoms. The summed E-state index contributed by atoms with van der Waals surface area (Å²) in [6.45, 7) is 0. The van der Waals surface area contributed by atoms with E-state index in [1.54, 1.807) is 17.8 Å². The largest absolute Gasteiger partial charge is 0.324 e. The number of nitrogens with two attached hydrogens (primary N) is 1. The number of rotatable bonds is 4. The van der Waals surface area contributed by atoms with E-state index in [1.165, 1.54) is 12.1 Å². The Morgan fingerprint density at radius 1 is 1.26 bits per heavy atom. The first-order valence-corrected chi connectivity index (χ1v) is 7.54. The highest BCUT2D eigenvalue weighted by atomic mass is 35.5. The molecule has 0 bridgehead atoms. The zero-order valence-corrected chi connectivity index (χ0v) is 12.1. The SMILES string of the molecule is CSc1ccccc1C(N)Cc1cc(F)ccc1Cl. The van der Waals surface area contributed by atoms with Crippen molar-refractivity contribution < 1.29 is 4.39 Å². The highest BCUT2D eigenvalue weighted by Crippen LogP contribution is 2.28. The molecule has 0 saturated heterocycles. The summed E-state index contributed by atoms with van der Waals surface area (Å²) < 4.78 is 13.2. The van der Waals surface area contributed by atoms with Crippen LogP contribution >= 0.6 is 23.4 Å². The van der Waals surface area contributed by atoms with Gasteiger partial charge in [0, 0.05) is 16.0 Å². The number of hydrogen-bond acceptors (Lipinski definition) is 2. The van der Waals surface area contributed by atoms with Crippen molar-refractivity contribution in [2.75, 3.05) is 6.26 Å². The van der Waals surface area contributed by atoms with Gasteiger partial charge < -0.3 is 5.73 Å². The van der Waals surface area contributed by atoms with Gasteiger partial charge in [0.2, 0.25) is 0 Å². The van der Waals surface area contributed by atoms with Crippen molar-refractivity contribution in [2.24, 2.45) is 5.73 Å². The Bertz CT molecular complexity index is 574. The van der Waals surface area contributed by atoms with E-state index < -0.39 is 0 Å². The maximum atomic E-state index is 13.2. The molecule has 0 aliphatic rings. The topological polar surface area (TPSA) is 26.0 Å².